The predicted octanol–water partition coefficient (Wildman–Crippen LogP) is 0.966. The van der Waals surface area contributed by atoms with Crippen molar-refractivity contribution in [3.8, 4) is 0 Å². The fraction of sp³-hybridized carbons (Fsp3) is 0.438. The van der Waals surface area contributed by atoms with Crippen molar-refractivity contribution in [2.24, 2.45) is 0 Å². The molecule has 1 aliphatic rings. The maximum absolute atomic E-state index is 12.6. The lowest BCUT2D eigenvalue weighted by atomic mass is 10.1. The third kappa shape index (κ3) is 3.17. The number of hydrogen-bond donors (Lipinski definition) is 0. The van der Waals surface area contributed by atoms with Gasteiger partial charge in [-0.1, -0.05) is 6.07 Å². The van der Waals surface area contributed by atoms with Crippen LogP contribution < -0.4 is 0 Å². The Hall–Kier alpha value is -2.21. The van der Waals surface area contributed by atoms with Crippen molar-refractivity contribution in [3.05, 3.63) is 48.3 Å². The maximum atomic E-state index is 12.6. The van der Waals surface area contributed by atoms with E-state index in [1.165, 1.54) is 0 Å². The summed E-state index contributed by atoms with van der Waals surface area (Å²) in [6, 6.07) is 5.91. The second kappa shape index (κ2) is 6.27. The van der Waals surface area contributed by atoms with Gasteiger partial charge in [0.1, 0.15) is 0 Å². The monoisotopic (exact) mass is 299 g/mol. The van der Waals surface area contributed by atoms with E-state index in [1.54, 1.807) is 6.20 Å². The highest BCUT2D eigenvalue weighted by Gasteiger charge is 2.28. The van der Waals surface area contributed by atoms with E-state index in [4.69, 9.17) is 0 Å². The van der Waals surface area contributed by atoms with E-state index in [-0.39, 0.29) is 11.9 Å². The third-order valence-electron chi connectivity index (χ3n) is 3.91. The van der Waals surface area contributed by atoms with Gasteiger partial charge in [0.15, 0.2) is 0 Å². The van der Waals surface area contributed by atoms with Crippen molar-refractivity contribution in [1.29, 1.82) is 0 Å². The molecule has 0 fully saturated rings. The van der Waals surface area contributed by atoms with Crippen molar-refractivity contribution in [2.45, 2.75) is 19.0 Å². The summed E-state index contributed by atoms with van der Waals surface area (Å²) in [6.45, 7) is 2.22. The molecule has 0 N–H and O–H groups in total. The molecule has 0 spiro atoms. The number of carbonyl (C=O) groups is 1. The number of fused-ring (bicyclic) bond motifs is 1. The summed E-state index contributed by atoms with van der Waals surface area (Å²) in [5, 5.41) is 0. The number of likely N-dealkylation sites (N-methyl/N-ethyl adjacent to an activating group) is 1. The topological polar surface area (TPSA) is 54.3 Å². The molecule has 2 aromatic rings. The summed E-state index contributed by atoms with van der Waals surface area (Å²) in [7, 11) is 4.09. The van der Waals surface area contributed by atoms with Crippen LogP contribution in [0.1, 0.15) is 17.4 Å². The molecular weight excluding hydrogens is 278 g/mol. The molecule has 6 heteroatoms. The molecule has 1 amide bonds. The third-order valence-corrected chi connectivity index (χ3v) is 3.91. The minimum absolute atomic E-state index is 0.120. The number of nitrogens with zero attached hydrogens (tertiary/aromatic N) is 5. The van der Waals surface area contributed by atoms with E-state index in [1.807, 2.05) is 49.7 Å². The summed E-state index contributed by atoms with van der Waals surface area (Å²) in [4.78, 5) is 25.1. The lowest BCUT2D eigenvalue weighted by Crippen LogP contribution is -2.44. The molecule has 0 aromatic carbocycles. The Balaban J connectivity index is 1.74. The minimum atomic E-state index is 0.120. The molecule has 3 rings (SSSR count). The van der Waals surface area contributed by atoms with E-state index in [2.05, 4.69) is 19.4 Å². The molecule has 0 saturated heterocycles. The Morgan fingerprint density at radius 1 is 1.41 bits per heavy atom. The van der Waals surface area contributed by atoms with Crippen LogP contribution in [0, 0.1) is 0 Å². The zero-order chi connectivity index (χ0) is 15.5. The molecular formula is C16H21N5O. The van der Waals surface area contributed by atoms with Gasteiger partial charge in [-0.2, -0.15) is 0 Å². The molecule has 1 atom stereocenters. The highest BCUT2D eigenvalue weighted by Crippen LogP contribution is 2.22. The van der Waals surface area contributed by atoms with Gasteiger partial charge in [-0.3, -0.25) is 9.78 Å². The first-order chi connectivity index (χ1) is 10.6. The lowest BCUT2D eigenvalue weighted by Gasteiger charge is -2.35. The van der Waals surface area contributed by atoms with Gasteiger partial charge in [-0.05, 0) is 26.2 Å². The van der Waals surface area contributed by atoms with Crippen LogP contribution in [0.5, 0.6) is 0 Å². The summed E-state index contributed by atoms with van der Waals surface area (Å²) in [5.41, 5.74) is 1.91. The molecule has 1 aliphatic heterocycles. The largest absolute Gasteiger partial charge is 0.334 e. The summed E-state index contributed by atoms with van der Waals surface area (Å²) >= 11 is 0. The predicted molar refractivity (Wildman–Crippen MR) is 83.2 cm³/mol. The van der Waals surface area contributed by atoms with Crippen LogP contribution in [0.15, 0.2) is 36.9 Å². The number of pyridine rings is 1. The van der Waals surface area contributed by atoms with Gasteiger partial charge >= 0.3 is 0 Å². The maximum Gasteiger partial charge on any atom is 0.229 e. The molecule has 3 heterocycles. The molecule has 116 valence electrons. The summed E-state index contributed by atoms with van der Waals surface area (Å²) < 4.78 is 2.19. The quantitative estimate of drug-likeness (QED) is 0.844. The number of hydrogen-bond acceptors (Lipinski definition) is 4. The standard InChI is InChI=1S/C16H21N5O/c1-19(2)9-15-11-20(10-14-8-17-12-21(14)15)16(22)7-13-5-3-4-6-18-13/h3-6,8,12,15H,7,9-11H2,1-2H3/t15-/m1/s1. The Bertz CT molecular complexity index is 637. The van der Waals surface area contributed by atoms with Crippen LogP contribution in [0.4, 0.5) is 0 Å². The van der Waals surface area contributed by atoms with Gasteiger partial charge in [0.25, 0.3) is 0 Å². The highest BCUT2D eigenvalue weighted by molar-refractivity contribution is 5.78. The van der Waals surface area contributed by atoms with Crippen LogP contribution in [0.2, 0.25) is 0 Å². The number of carbonyl (C=O) groups excluding carboxylic acids is 1. The van der Waals surface area contributed by atoms with Gasteiger partial charge in [-0.15, -0.1) is 0 Å². The lowest BCUT2D eigenvalue weighted by molar-refractivity contribution is -0.132. The number of rotatable bonds is 4. The average Bonchev–Trinajstić information content (AvgIpc) is 2.96. The number of imidazole rings is 1. The van der Waals surface area contributed by atoms with Crippen LogP contribution in [0.3, 0.4) is 0 Å². The minimum Gasteiger partial charge on any atom is -0.334 e. The molecule has 0 saturated carbocycles. The zero-order valence-electron chi connectivity index (χ0n) is 13.0. The van der Waals surface area contributed by atoms with Crippen LogP contribution in [-0.2, 0) is 17.8 Å². The van der Waals surface area contributed by atoms with Crippen LogP contribution in [-0.4, -0.2) is 57.4 Å². The van der Waals surface area contributed by atoms with E-state index in [9.17, 15) is 4.79 Å². The molecule has 22 heavy (non-hydrogen) atoms. The van der Waals surface area contributed by atoms with Gasteiger partial charge in [-0.25, -0.2) is 4.98 Å². The second-order valence-corrected chi connectivity index (χ2v) is 5.98. The number of aromatic nitrogens is 3. The first kappa shape index (κ1) is 14.7. The van der Waals surface area contributed by atoms with Crippen molar-refractivity contribution < 1.29 is 4.79 Å². The first-order valence-electron chi connectivity index (χ1n) is 7.46. The Labute approximate surface area is 130 Å². The molecule has 6 nitrogen and oxygen atoms in total. The normalized spacial score (nSPS) is 17.6. The van der Waals surface area contributed by atoms with E-state index >= 15 is 0 Å². The van der Waals surface area contributed by atoms with E-state index in [0.29, 0.717) is 19.5 Å². The Kier molecular flexibility index (Phi) is 4.20. The van der Waals surface area contributed by atoms with Crippen molar-refractivity contribution in [1.82, 2.24) is 24.3 Å². The van der Waals surface area contributed by atoms with Gasteiger partial charge in [0, 0.05) is 31.2 Å². The smallest absolute Gasteiger partial charge is 0.229 e. The first-order valence-corrected chi connectivity index (χ1v) is 7.46. The van der Waals surface area contributed by atoms with Crippen molar-refractivity contribution >= 4 is 5.91 Å². The fourth-order valence-corrected chi connectivity index (χ4v) is 2.91. The zero-order valence-corrected chi connectivity index (χ0v) is 13.0. The molecule has 0 bridgehead atoms. The Morgan fingerprint density at radius 3 is 3.00 bits per heavy atom. The van der Waals surface area contributed by atoms with Gasteiger partial charge < -0.3 is 14.4 Å². The second-order valence-electron chi connectivity index (χ2n) is 5.98. The molecule has 2 aromatic heterocycles. The molecule has 0 unspecified atom stereocenters. The van der Waals surface area contributed by atoms with Crippen molar-refractivity contribution in [3.63, 3.8) is 0 Å². The molecule has 0 aliphatic carbocycles. The van der Waals surface area contributed by atoms with Gasteiger partial charge in [0.2, 0.25) is 5.91 Å². The van der Waals surface area contributed by atoms with E-state index < -0.39 is 0 Å². The van der Waals surface area contributed by atoms with Crippen LogP contribution >= 0.6 is 0 Å². The fourth-order valence-electron chi connectivity index (χ4n) is 2.91. The van der Waals surface area contributed by atoms with Crippen LogP contribution in [0.25, 0.3) is 0 Å². The van der Waals surface area contributed by atoms with Gasteiger partial charge in [0.05, 0.1) is 31.0 Å². The summed E-state index contributed by atoms with van der Waals surface area (Å²) in [6.07, 6.45) is 5.79. The van der Waals surface area contributed by atoms with E-state index in [0.717, 1.165) is 17.9 Å². The highest BCUT2D eigenvalue weighted by atomic mass is 16.2. The SMILES string of the molecule is CN(C)C[C@@H]1CN(C(=O)Cc2ccccn2)Cc2cncn21. The average molecular weight is 299 g/mol. The Morgan fingerprint density at radius 2 is 2.27 bits per heavy atom. The number of amides is 1. The molecule has 0 radical (unpaired) electrons. The summed E-state index contributed by atoms with van der Waals surface area (Å²) in [5.74, 6) is 0.120. The van der Waals surface area contributed by atoms with Crippen molar-refractivity contribution in [2.75, 3.05) is 27.2 Å².